The summed E-state index contributed by atoms with van der Waals surface area (Å²) in [4.78, 5) is 29.0. The van der Waals surface area contributed by atoms with E-state index in [1.54, 1.807) is 0 Å². The van der Waals surface area contributed by atoms with Gasteiger partial charge in [-0.2, -0.15) is 0 Å². The largest absolute Gasteiger partial charge is 0.444 e. The van der Waals surface area contributed by atoms with Crippen molar-refractivity contribution in [2.24, 2.45) is 15.9 Å². The van der Waals surface area contributed by atoms with Crippen molar-refractivity contribution < 1.29 is 9.53 Å². The molecular weight excluding hydrogens is 486 g/mol. The van der Waals surface area contributed by atoms with E-state index in [-0.39, 0.29) is 17.5 Å². The summed E-state index contributed by atoms with van der Waals surface area (Å²) in [6, 6.07) is 8.66. The zero-order chi connectivity index (χ0) is 26.0. The standard InChI is InChI=1S/C29H42ClN5O2/c1-29(2,3)37-28(36)35-18-11-22(12-19-35)21-7-9-23(10-8-21)26-31-25(30)24-13-20-34(27(24)32-26)17-6-16-33-14-4-5-15-33/h7-10,22,24-25H,4-6,11-20H2,1-3H3/t24-,25?/m1/s1. The first-order chi connectivity index (χ1) is 17.8. The Kier molecular flexibility index (Phi) is 8.10. The van der Waals surface area contributed by atoms with Gasteiger partial charge in [-0.1, -0.05) is 35.9 Å². The van der Waals surface area contributed by atoms with Crippen molar-refractivity contribution in [2.45, 2.75) is 76.3 Å². The molecule has 0 aliphatic carbocycles. The maximum absolute atomic E-state index is 12.4. The Morgan fingerprint density at radius 3 is 2.38 bits per heavy atom. The van der Waals surface area contributed by atoms with E-state index in [4.69, 9.17) is 26.3 Å². The van der Waals surface area contributed by atoms with E-state index in [0.29, 0.717) is 5.92 Å². The second kappa shape index (κ2) is 11.3. The van der Waals surface area contributed by atoms with Gasteiger partial charge in [0.15, 0.2) is 5.84 Å². The molecule has 5 rings (SSSR count). The minimum Gasteiger partial charge on any atom is -0.444 e. The quantitative estimate of drug-likeness (QED) is 0.370. The van der Waals surface area contributed by atoms with E-state index in [1.807, 2.05) is 25.7 Å². The number of nitrogens with zero attached hydrogens (tertiary/aromatic N) is 5. The van der Waals surface area contributed by atoms with Gasteiger partial charge in [0, 0.05) is 31.7 Å². The topological polar surface area (TPSA) is 60.7 Å². The number of amides is 1. The van der Waals surface area contributed by atoms with Crippen LogP contribution in [-0.4, -0.2) is 89.4 Å². The molecular formula is C29H42ClN5O2. The van der Waals surface area contributed by atoms with Crippen molar-refractivity contribution in [3.05, 3.63) is 35.4 Å². The molecule has 0 N–H and O–H groups in total. The maximum Gasteiger partial charge on any atom is 0.410 e. The highest BCUT2D eigenvalue weighted by atomic mass is 35.5. The van der Waals surface area contributed by atoms with Gasteiger partial charge in [0.2, 0.25) is 0 Å². The maximum atomic E-state index is 12.4. The van der Waals surface area contributed by atoms with Crippen LogP contribution >= 0.6 is 11.6 Å². The molecule has 3 fully saturated rings. The van der Waals surface area contributed by atoms with E-state index in [2.05, 4.69) is 34.1 Å². The van der Waals surface area contributed by atoms with Gasteiger partial charge >= 0.3 is 6.09 Å². The van der Waals surface area contributed by atoms with Crippen LogP contribution in [0.1, 0.15) is 76.3 Å². The molecule has 0 bridgehead atoms. The van der Waals surface area contributed by atoms with E-state index >= 15 is 0 Å². The van der Waals surface area contributed by atoms with Crippen LogP contribution in [-0.2, 0) is 4.74 Å². The second-order valence-corrected chi connectivity index (χ2v) is 12.4. The van der Waals surface area contributed by atoms with Gasteiger partial charge in [-0.15, -0.1) is 0 Å². The van der Waals surface area contributed by atoms with Gasteiger partial charge in [-0.25, -0.2) is 14.8 Å². The lowest BCUT2D eigenvalue weighted by atomic mass is 9.89. The summed E-state index contributed by atoms with van der Waals surface area (Å²) < 4.78 is 5.54. The molecule has 37 heavy (non-hydrogen) atoms. The molecule has 8 heteroatoms. The SMILES string of the molecule is CC(C)(C)OC(=O)N1CCC(c2ccc(C3=NC(Cl)[C@H]4CCN(CCCN5CCCC5)C4=N3)cc2)CC1. The predicted octanol–water partition coefficient (Wildman–Crippen LogP) is 5.33. The minimum atomic E-state index is -0.458. The molecule has 0 spiro atoms. The zero-order valence-corrected chi connectivity index (χ0v) is 23.4. The molecule has 202 valence electrons. The number of ether oxygens (including phenoxy) is 1. The Morgan fingerprint density at radius 1 is 1.00 bits per heavy atom. The number of benzene rings is 1. The Hall–Kier alpha value is -2.12. The molecule has 1 aromatic rings. The number of piperidine rings is 1. The van der Waals surface area contributed by atoms with Crippen molar-refractivity contribution >= 4 is 29.4 Å². The minimum absolute atomic E-state index is 0.207. The summed E-state index contributed by atoms with van der Waals surface area (Å²) in [5.41, 5.74) is 1.62. The van der Waals surface area contributed by atoms with Crippen molar-refractivity contribution in [3.8, 4) is 0 Å². The molecule has 0 aromatic heterocycles. The summed E-state index contributed by atoms with van der Waals surface area (Å²) >= 11 is 6.75. The van der Waals surface area contributed by atoms with Crippen molar-refractivity contribution in [2.75, 3.05) is 45.8 Å². The van der Waals surface area contributed by atoms with E-state index in [9.17, 15) is 4.79 Å². The van der Waals surface area contributed by atoms with Crippen LogP contribution in [0.25, 0.3) is 0 Å². The highest BCUT2D eigenvalue weighted by Crippen LogP contribution is 2.33. The fourth-order valence-corrected chi connectivity index (χ4v) is 6.35. The first-order valence-corrected chi connectivity index (χ1v) is 14.6. The summed E-state index contributed by atoms with van der Waals surface area (Å²) in [7, 11) is 0. The number of amidine groups is 2. The number of hydrogen-bond acceptors (Lipinski definition) is 6. The lowest BCUT2D eigenvalue weighted by Crippen LogP contribution is -2.41. The average molecular weight is 528 g/mol. The van der Waals surface area contributed by atoms with Crippen LogP contribution in [0.5, 0.6) is 0 Å². The lowest BCUT2D eigenvalue weighted by molar-refractivity contribution is 0.0205. The monoisotopic (exact) mass is 527 g/mol. The number of carbonyl (C=O) groups is 1. The lowest BCUT2D eigenvalue weighted by Gasteiger charge is -2.33. The van der Waals surface area contributed by atoms with Gasteiger partial charge in [0.05, 0.1) is 5.92 Å². The Morgan fingerprint density at radius 2 is 1.70 bits per heavy atom. The third-order valence-corrected chi connectivity index (χ3v) is 8.45. The first-order valence-electron chi connectivity index (χ1n) is 14.1. The first kappa shape index (κ1) is 26.5. The molecule has 1 aromatic carbocycles. The van der Waals surface area contributed by atoms with Crippen molar-refractivity contribution in [3.63, 3.8) is 0 Å². The van der Waals surface area contributed by atoms with Gasteiger partial charge in [0.1, 0.15) is 16.9 Å². The van der Waals surface area contributed by atoms with Crippen molar-refractivity contribution in [1.82, 2.24) is 14.7 Å². The van der Waals surface area contributed by atoms with Crippen LogP contribution in [0.15, 0.2) is 34.3 Å². The summed E-state index contributed by atoms with van der Waals surface area (Å²) in [5.74, 6) is 2.55. The fourth-order valence-electron chi connectivity index (χ4n) is 6.01. The normalized spacial score (nSPS) is 25.2. The number of hydrogen-bond donors (Lipinski definition) is 0. The fraction of sp³-hybridized carbons (Fsp3) is 0.690. The molecule has 1 amide bonds. The number of carbonyl (C=O) groups excluding carboxylic acids is 1. The molecule has 4 heterocycles. The molecule has 4 aliphatic rings. The van der Waals surface area contributed by atoms with Crippen LogP contribution < -0.4 is 0 Å². The van der Waals surface area contributed by atoms with E-state index in [1.165, 1.54) is 44.5 Å². The zero-order valence-electron chi connectivity index (χ0n) is 22.7. The molecule has 1 unspecified atom stereocenters. The molecule has 0 saturated carbocycles. The average Bonchev–Trinajstić information content (AvgIpc) is 3.54. The third kappa shape index (κ3) is 6.48. The Balaban J connectivity index is 1.18. The molecule has 7 nitrogen and oxygen atoms in total. The molecule has 2 atom stereocenters. The van der Waals surface area contributed by atoms with E-state index < -0.39 is 5.60 Å². The number of rotatable bonds is 6. The second-order valence-electron chi connectivity index (χ2n) is 11.9. The van der Waals surface area contributed by atoms with Gasteiger partial charge in [-0.05, 0) is 90.4 Å². The number of likely N-dealkylation sites (tertiary alicyclic amines) is 3. The highest BCUT2D eigenvalue weighted by Gasteiger charge is 2.37. The van der Waals surface area contributed by atoms with Crippen LogP contribution in [0.3, 0.4) is 0 Å². The highest BCUT2D eigenvalue weighted by molar-refractivity contribution is 6.25. The van der Waals surface area contributed by atoms with Gasteiger partial charge < -0.3 is 19.4 Å². The number of alkyl halides is 1. The Labute approximate surface area is 226 Å². The Bertz CT molecular complexity index is 1000. The summed E-state index contributed by atoms with van der Waals surface area (Å²) in [6.07, 6.45) is 6.58. The third-order valence-electron chi connectivity index (χ3n) is 8.05. The number of halogens is 1. The van der Waals surface area contributed by atoms with E-state index in [0.717, 1.165) is 62.7 Å². The van der Waals surface area contributed by atoms with Gasteiger partial charge in [-0.3, -0.25) is 0 Å². The summed E-state index contributed by atoms with van der Waals surface area (Å²) in [6.45, 7) is 12.9. The van der Waals surface area contributed by atoms with Crippen LogP contribution in [0.2, 0.25) is 0 Å². The van der Waals surface area contributed by atoms with Crippen LogP contribution in [0, 0.1) is 5.92 Å². The van der Waals surface area contributed by atoms with Gasteiger partial charge in [0.25, 0.3) is 0 Å². The summed E-state index contributed by atoms with van der Waals surface area (Å²) in [5, 5.41) is 0. The van der Waals surface area contributed by atoms with Crippen molar-refractivity contribution in [1.29, 1.82) is 0 Å². The number of fused-ring (bicyclic) bond motifs is 1. The predicted molar refractivity (Wildman–Crippen MR) is 150 cm³/mol. The molecule has 3 saturated heterocycles. The van der Waals surface area contributed by atoms with Crippen LogP contribution in [0.4, 0.5) is 4.79 Å². The molecule has 4 aliphatic heterocycles. The smallest absolute Gasteiger partial charge is 0.410 e. The molecule has 0 radical (unpaired) electrons. The number of aliphatic imine (C=N–C) groups is 2.